The van der Waals surface area contributed by atoms with Crippen molar-refractivity contribution in [3.63, 3.8) is 0 Å². The van der Waals surface area contributed by atoms with Gasteiger partial charge in [-0.05, 0) is 0 Å². The molecule has 140 valence electrons. The fourth-order valence-corrected chi connectivity index (χ4v) is 1.48. The Hall–Kier alpha value is 1.14. The molecule has 0 aliphatic rings. The molecular formula is C10H16K2N2O11S. The van der Waals surface area contributed by atoms with Gasteiger partial charge < -0.3 is 29.5 Å². The summed E-state index contributed by atoms with van der Waals surface area (Å²) in [5, 5.41) is 34.5. The monoisotopic (exact) mass is 450 g/mol. The molecule has 0 fully saturated rings. The van der Waals surface area contributed by atoms with Crippen LogP contribution in [0.15, 0.2) is 0 Å². The molecule has 26 heavy (non-hydrogen) atoms. The van der Waals surface area contributed by atoms with Crippen molar-refractivity contribution in [2.75, 3.05) is 39.3 Å². The van der Waals surface area contributed by atoms with Crippen molar-refractivity contribution in [3.05, 3.63) is 0 Å². The van der Waals surface area contributed by atoms with Crippen molar-refractivity contribution in [1.29, 1.82) is 0 Å². The average Bonchev–Trinajstić information content (AvgIpc) is 2.32. The molecule has 0 spiro atoms. The molecule has 0 radical (unpaired) electrons. The number of hydrogen-bond donors (Lipinski definition) is 4. The topological polar surface area (TPSA) is 219 Å². The number of nitrogens with zero attached hydrogens (tertiary/aromatic N) is 2. The van der Waals surface area contributed by atoms with E-state index in [2.05, 4.69) is 0 Å². The molecule has 0 heterocycles. The maximum absolute atomic E-state index is 10.6. The number of carboxylic acid groups (broad SMARTS) is 4. The second-order valence-corrected chi connectivity index (χ2v) is 4.61. The number of aliphatic carboxylic acids is 4. The maximum Gasteiger partial charge on any atom is 1.00 e. The Balaban J connectivity index is -0.000000363. The van der Waals surface area contributed by atoms with Crippen LogP contribution < -0.4 is 103 Å². The van der Waals surface area contributed by atoms with Crippen molar-refractivity contribution >= 4 is 35.2 Å². The van der Waals surface area contributed by atoms with Gasteiger partial charge in [0.05, 0.1) is 26.2 Å². The zero-order valence-electron chi connectivity index (χ0n) is 14.2. The second-order valence-electron chi connectivity index (χ2n) is 4.20. The Morgan fingerprint density at radius 1 is 0.654 bits per heavy atom. The fourth-order valence-electron chi connectivity index (χ4n) is 1.48. The second kappa shape index (κ2) is 20.9. The minimum absolute atomic E-state index is 0. The average molecular weight is 451 g/mol. The molecule has 0 aliphatic heterocycles. The van der Waals surface area contributed by atoms with E-state index in [9.17, 15) is 19.2 Å². The first-order chi connectivity index (χ1) is 10.9. The van der Waals surface area contributed by atoms with Gasteiger partial charge in [-0.3, -0.25) is 33.2 Å². The summed E-state index contributed by atoms with van der Waals surface area (Å²) in [6.07, 6.45) is 0. The zero-order valence-corrected chi connectivity index (χ0v) is 21.3. The van der Waals surface area contributed by atoms with Gasteiger partial charge in [0.1, 0.15) is 0 Å². The van der Waals surface area contributed by atoms with E-state index in [0.29, 0.717) is 0 Å². The number of rotatable bonds is 11. The smallest absolute Gasteiger partial charge is 0.784 e. The third-order valence-electron chi connectivity index (χ3n) is 2.17. The van der Waals surface area contributed by atoms with Gasteiger partial charge in [0, 0.05) is 13.1 Å². The van der Waals surface area contributed by atoms with E-state index in [1.807, 2.05) is 0 Å². The van der Waals surface area contributed by atoms with Crippen LogP contribution in [-0.2, 0) is 30.5 Å². The molecule has 0 rings (SSSR count). The maximum atomic E-state index is 10.6. The molecule has 4 N–H and O–H groups in total. The minimum Gasteiger partial charge on any atom is -0.784 e. The van der Waals surface area contributed by atoms with Crippen LogP contribution in [0.2, 0.25) is 0 Å². The van der Waals surface area contributed by atoms with E-state index in [4.69, 9.17) is 33.7 Å². The summed E-state index contributed by atoms with van der Waals surface area (Å²) in [5.74, 6) is -4.91. The van der Waals surface area contributed by atoms with Crippen LogP contribution >= 0.6 is 0 Å². The summed E-state index contributed by atoms with van der Waals surface area (Å²) in [6.45, 7) is -2.25. The standard InChI is InChI=1S/C10H16N2O8.2K.H2O3S/c13-7(14)3-11(4-8(15)16)1-2-12(5-9(17)18)6-10(19)20;;;1-4(2)3/h1-6H2,(H,13,14)(H,15,16)(H,17,18)(H,19,20);;;(H2,1,2,3)/q;2*+1;/p-2. The molecule has 0 saturated heterocycles. The Morgan fingerprint density at radius 3 is 0.923 bits per heavy atom. The van der Waals surface area contributed by atoms with Gasteiger partial charge in [0.2, 0.25) is 0 Å². The van der Waals surface area contributed by atoms with Gasteiger partial charge in [0.15, 0.2) is 0 Å². The van der Waals surface area contributed by atoms with E-state index < -0.39 is 61.4 Å². The predicted octanol–water partition coefficient (Wildman–Crippen LogP) is -9.07. The molecule has 13 nitrogen and oxygen atoms in total. The Kier molecular flexibility index (Phi) is 27.8. The zero-order chi connectivity index (χ0) is 19.3. The van der Waals surface area contributed by atoms with E-state index in [1.54, 1.807) is 0 Å². The summed E-state index contributed by atoms with van der Waals surface area (Å²) in [5.41, 5.74) is 0. The van der Waals surface area contributed by atoms with Crippen molar-refractivity contribution < 1.29 is 156 Å². The van der Waals surface area contributed by atoms with Gasteiger partial charge in [-0.25, -0.2) is 0 Å². The summed E-state index contributed by atoms with van der Waals surface area (Å²) < 4.78 is 25.3. The molecule has 0 unspecified atom stereocenters. The predicted molar refractivity (Wildman–Crippen MR) is 73.1 cm³/mol. The van der Waals surface area contributed by atoms with E-state index in [-0.39, 0.29) is 116 Å². The molecule has 0 aromatic heterocycles. The number of carbonyl (C=O) groups is 4. The molecule has 0 aromatic carbocycles. The minimum atomic E-state index is -3.11. The third-order valence-corrected chi connectivity index (χ3v) is 2.17. The molecule has 0 bridgehead atoms. The normalized spacial score (nSPS) is 9.58. The van der Waals surface area contributed by atoms with Crippen LogP contribution in [0.5, 0.6) is 0 Å². The summed E-state index contributed by atoms with van der Waals surface area (Å²) in [6, 6.07) is 0. The van der Waals surface area contributed by atoms with Crippen LogP contribution in [0.25, 0.3) is 0 Å². The largest absolute Gasteiger partial charge is 1.00 e. The van der Waals surface area contributed by atoms with Gasteiger partial charge in [0.25, 0.3) is 0 Å². The summed E-state index contributed by atoms with van der Waals surface area (Å²) in [7, 11) is 0. The van der Waals surface area contributed by atoms with Crippen LogP contribution in [0.3, 0.4) is 0 Å². The molecular weight excluding hydrogens is 434 g/mol. The van der Waals surface area contributed by atoms with E-state index in [1.165, 1.54) is 0 Å². The Bertz CT molecular complexity index is 408. The first-order valence-corrected chi connectivity index (χ1v) is 7.02. The number of carboxylic acids is 4. The molecule has 0 atom stereocenters. The van der Waals surface area contributed by atoms with Crippen LogP contribution in [0, 0.1) is 0 Å². The van der Waals surface area contributed by atoms with Crippen molar-refractivity contribution in [3.8, 4) is 0 Å². The third kappa shape index (κ3) is 29.9. The Morgan fingerprint density at radius 2 is 0.808 bits per heavy atom. The van der Waals surface area contributed by atoms with E-state index >= 15 is 0 Å². The van der Waals surface area contributed by atoms with Crippen LogP contribution in [0.4, 0.5) is 0 Å². The fraction of sp³-hybridized carbons (Fsp3) is 0.600. The first kappa shape index (κ1) is 34.6. The molecule has 0 aliphatic carbocycles. The Labute approximate surface area is 236 Å². The molecule has 0 saturated carbocycles. The summed E-state index contributed by atoms with van der Waals surface area (Å²) >= 11 is -3.11. The van der Waals surface area contributed by atoms with Crippen molar-refractivity contribution in [2.45, 2.75) is 0 Å². The summed E-state index contributed by atoms with van der Waals surface area (Å²) in [4.78, 5) is 44.4. The van der Waals surface area contributed by atoms with Crippen molar-refractivity contribution in [1.82, 2.24) is 9.80 Å². The molecule has 16 heteroatoms. The van der Waals surface area contributed by atoms with Gasteiger partial charge >= 0.3 is 127 Å². The quantitative estimate of drug-likeness (QED) is 0.170. The van der Waals surface area contributed by atoms with Gasteiger partial charge in [-0.15, -0.1) is 11.4 Å². The first-order valence-electron chi connectivity index (χ1n) is 6.02. The number of hydrogen-bond acceptors (Lipinski definition) is 9. The van der Waals surface area contributed by atoms with Gasteiger partial charge in [-0.2, -0.15) is 0 Å². The van der Waals surface area contributed by atoms with Crippen molar-refractivity contribution in [2.24, 2.45) is 0 Å². The van der Waals surface area contributed by atoms with E-state index in [0.717, 1.165) is 9.80 Å². The molecule has 0 amide bonds. The van der Waals surface area contributed by atoms with Crippen LogP contribution in [-0.4, -0.2) is 107 Å². The van der Waals surface area contributed by atoms with Crippen LogP contribution in [0.1, 0.15) is 0 Å². The molecule has 0 aromatic rings. The van der Waals surface area contributed by atoms with Gasteiger partial charge in [-0.1, -0.05) is 0 Å². The SMILES string of the molecule is O=C(O)CN(CCN(CC(=O)O)CC(=O)O)CC(=O)O.O=S([O-])[O-].[K+].[K+].